The van der Waals surface area contributed by atoms with Gasteiger partial charge in [-0.15, -0.1) is 0 Å². The molecule has 1 aliphatic carbocycles. The molecule has 12 rings (SSSR count). The third kappa shape index (κ3) is 5.49. The molecule has 4 heteroatoms. The summed E-state index contributed by atoms with van der Waals surface area (Å²) in [6, 6.07) is 65.1. The van der Waals surface area contributed by atoms with Crippen LogP contribution in [-0.2, 0) is 0 Å². The van der Waals surface area contributed by atoms with E-state index in [1.165, 1.54) is 44.2 Å². The average molecular weight is 756 g/mol. The van der Waals surface area contributed by atoms with E-state index in [0.717, 1.165) is 73.2 Å². The van der Waals surface area contributed by atoms with Crippen LogP contribution in [0.1, 0.15) is 34.8 Å². The van der Waals surface area contributed by atoms with Gasteiger partial charge in [-0.25, -0.2) is 0 Å². The molecule has 0 amide bonds. The van der Waals surface area contributed by atoms with Gasteiger partial charge in [0.15, 0.2) is 5.58 Å². The predicted molar refractivity (Wildman–Crippen MR) is 246 cm³/mol. The van der Waals surface area contributed by atoms with Gasteiger partial charge < -0.3 is 14.3 Å². The van der Waals surface area contributed by atoms with Gasteiger partial charge in [-0.3, -0.25) is 4.99 Å². The highest BCUT2D eigenvalue weighted by Gasteiger charge is 2.27. The number of aliphatic imine (C=N–C) groups is 1. The largest absolute Gasteiger partial charge is 0.454 e. The zero-order valence-corrected chi connectivity index (χ0v) is 32.1. The number of allylic oxidation sites excluding steroid dienone is 4. The van der Waals surface area contributed by atoms with E-state index in [1.54, 1.807) is 0 Å². The molecule has 0 fully saturated rings. The van der Waals surface area contributed by atoms with E-state index < -0.39 is 0 Å². The number of nitrogens with zero attached hydrogens (tertiary/aromatic N) is 2. The minimum absolute atomic E-state index is 0.334. The van der Waals surface area contributed by atoms with E-state index >= 15 is 0 Å². The fourth-order valence-corrected chi connectivity index (χ4v) is 9.24. The van der Waals surface area contributed by atoms with Gasteiger partial charge in [0, 0.05) is 43.9 Å². The van der Waals surface area contributed by atoms with Crippen LogP contribution in [0.5, 0.6) is 0 Å². The molecule has 1 atom stereocenters. The van der Waals surface area contributed by atoms with Crippen LogP contribution >= 0.6 is 0 Å². The van der Waals surface area contributed by atoms with Crippen LogP contribution in [-0.4, -0.2) is 10.3 Å². The van der Waals surface area contributed by atoms with E-state index in [1.807, 2.05) is 0 Å². The third-order valence-corrected chi connectivity index (χ3v) is 12.1. The highest BCUT2D eigenvalue weighted by atomic mass is 16.3. The van der Waals surface area contributed by atoms with E-state index in [0.29, 0.717) is 0 Å². The van der Waals surface area contributed by atoms with Crippen LogP contribution in [0.25, 0.3) is 77.3 Å². The van der Waals surface area contributed by atoms with Gasteiger partial charge in [0.2, 0.25) is 0 Å². The minimum atomic E-state index is -0.334. The van der Waals surface area contributed by atoms with Crippen molar-refractivity contribution in [1.82, 2.24) is 4.57 Å². The number of hydrogen-bond donors (Lipinski definition) is 1. The average Bonchev–Trinajstić information content (AvgIpc) is 4.06. The molecule has 1 unspecified atom stereocenters. The van der Waals surface area contributed by atoms with Crippen molar-refractivity contribution in [3.63, 3.8) is 0 Å². The second-order valence-electron chi connectivity index (χ2n) is 15.5. The van der Waals surface area contributed by atoms with E-state index in [9.17, 15) is 0 Å². The Morgan fingerprint density at radius 1 is 0.542 bits per heavy atom. The molecule has 4 nitrogen and oxygen atoms in total. The molecule has 8 aromatic carbocycles. The second-order valence-corrected chi connectivity index (χ2v) is 15.5. The highest BCUT2D eigenvalue weighted by Crippen LogP contribution is 2.43. The number of para-hydroxylation sites is 2. The zero-order valence-electron chi connectivity index (χ0n) is 32.1. The number of aromatic nitrogens is 1. The smallest absolute Gasteiger partial charge is 0.159 e. The molecule has 0 spiro atoms. The normalized spacial score (nSPS) is 14.8. The lowest BCUT2D eigenvalue weighted by Crippen LogP contribution is -2.20. The summed E-state index contributed by atoms with van der Waals surface area (Å²) < 4.78 is 9.41. The molecule has 2 aromatic heterocycles. The minimum Gasteiger partial charge on any atom is -0.454 e. The Bertz CT molecular complexity index is 3370. The molecule has 10 aromatic rings. The van der Waals surface area contributed by atoms with E-state index in [2.05, 4.69) is 210 Å². The molecule has 1 N–H and O–H groups in total. The first-order valence-electron chi connectivity index (χ1n) is 20.3. The highest BCUT2D eigenvalue weighted by molar-refractivity contribution is 6.18. The Hall–Kier alpha value is -7.69. The zero-order chi connectivity index (χ0) is 38.9. The van der Waals surface area contributed by atoms with E-state index in [4.69, 9.17) is 9.41 Å². The van der Waals surface area contributed by atoms with Crippen LogP contribution in [0.3, 0.4) is 0 Å². The fourth-order valence-electron chi connectivity index (χ4n) is 9.24. The fraction of sp³-hybridized carbons (Fsp3) is 0.0364. The number of anilines is 1. The van der Waals surface area contributed by atoms with Crippen molar-refractivity contribution >= 4 is 60.7 Å². The molecule has 0 saturated carbocycles. The number of benzene rings is 8. The molecule has 0 bridgehead atoms. The van der Waals surface area contributed by atoms with Crippen molar-refractivity contribution in [1.29, 1.82) is 0 Å². The first-order chi connectivity index (χ1) is 29.2. The summed E-state index contributed by atoms with van der Waals surface area (Å²) in [5, 5.41) is 8.35. The summed E-state index contributed by atoms with van der Waals surface area (Å²) >= 11 is 0. The Kier molecular flexibility index (Phi) is 7.63. The number of fused-ring (bicyclic) bond motifs is 7. The van der Waals surface area contributed by atoms with E-state index in [-0.39, 0.29) is 6.17 Å². The lowest BCUT2D eigenvalue weighted by Gasteiger charge is -2.26. The molecule has 0 radical (unpaired) electrons. The van der Waals surface area contributed by atoms with Crippen molar-refractivity contribution < 1.29 is 4.42 Å². The summed E-state index contributed by atoms with van der Waals surface area (Å²) in [6.07, 6.45) is 7.22. The Morgan fingerprint density at radius 3 is 1.95 bits per heavy atom. The SMILES string of the molecule is C1=CCC(c2ccc3c4ccc(-c5ccccc5)cc4n(-c4cccc5c4oc4cccc(C6N=C(c7ccc(-c8ccccc8)cc7)c7ccccc7N6)c45)c3c2)=C1. The number of nitrogens with one attached hydrogen (secondary N) is 1. The Morgan fingerprint density at radius 2 is 1.19 bits per heavy atom. The maximum absolute atomic E-state index is 7.00. The maximum atomic E-state index is 7.00. The third-order valence-electron chi connectivity index (χ3n) is 12.1. The number of rotatable bonds is 6. The summed E-state index contributed by atoms with van der Waals surface area (Å²) in [5.41, 5.74) is 17.6. The monoisotopic (exact) mass is 755 g/mol. The van der Waals surface area contributed by atoms with Crippen LogP contribution in [0.2, 0.25) is 0 Å². The standard InChI is InChI=1S/C55H37N3O/c1-3-13-35(14-4-1)38-25-27-39(28-26-38)53-44-19-9-10-22-47(44)56-55(57-53)46-21-12-24-51-52(46)45-20-11-23-48(54(45)59-51)58-49-33-40(36-15-5-2-6-16-36)29-31-42(49)43-32-30-41(34-50(43)58)37-17-7-8-18-37/h1-17,19-34,55-56H,18H2. The quantitative estimate of drug-likeness (QED) is 0.184. The van der Waals surface area contributed by atoms with Crippen molar-refractivity contribution in [2.24, 2.45) is 4.99 Å². The Balaban J connectivity index is 1.05. The molecule has 3 heterocycles. The van der Waals surface area contributed by atoms with Crippen molar-refractivity contribution in [2.75, 3.05) is 5.32 Å². The van der Waals surface area contributed by atoms with Crippen LogP contribution in [0.4, 0.5) is 5.69 Å². The maximum Gasteiger partial charge on any atom is 0.159 e. The lowest BCUT2D eigenvalue weighted by atomic mass is 9.95. The summed E-state index contributed by atoms with van der Waals surface area (Å²) in [7, 11) is 0. The van der Waals surface area contributed by atoms with Gasteiger partial charge in [-0.1, -0.05) is 170 Å². The molecule has 2 aliphatic rings. The first-order valence-corrected chi connectivity index (χ1v) is 20.3. The summed E-state index contributed by atoms with van der Waals surface area (Å²) in [5.74, 6) is 0. The summed E-state index contributed by atoms with van der Waals surface area (Å²) in [4.78, 5) is 5.49. The van der Waals surface area contributed by atoms with Gasteiger partial charge in [-0.05, 0) is 70.1 Å². The van der Waals surface area contributed by atoms with Crippen molar-refractivity contribution in [2.45, 2.75) is 12.6 Å². The van der Waals surface area contributed by atoms with Crippen LogP contribution < -0.4 is 5.32 Å². The molecule has 278 valence electrons. The van der Waals surface area contributed by atoms with Crippen molar-refractivity contribution in [3.05, 3.63) is 222 Å². The van der Waals surface area contributed by atoms with Gasteiger partial charge in [-0.2, -0.15) is 0 Å². The number of furan rings is 1. The van der Waals surface area contributed by atoms with Gasteiger partial charge >= 0.3 is 0 Å². The molecular formula is C55H37N3O. The summed E-state index contributed by atoms with van der Waals surface area (Å²) in [6.45, 7) is 0. The van der Waals surface area contributed by atoms with Gasteiger partial charge in [0.25, 0.3) is 0 Å². The lowest BCUT2D eigenvalue weighted by molar-refractivity contribution is 0.665. The Labute approximate surface area is 341 Å². The van der Waals surface area contributed by atoms with Crippen molar-refractivity contribution in [3.8, 4) is 27.9 Å². The van der Waals surface area contributed by atoms with Crippen LogP contribution in [0.15, 0.2) is 210 Å². The first kappa shape index (κ1) is 33.4. The van der Waals surface area contributed by atoms with Gasteiger partial charge in [0.1, 0.15) is 11.7 Å². The number of hydrogen-bond acceptors (Lipinski definition) is 3. The van der Waals surface area contributed by atoms with Gasteiger partial charge in [0.05, 0.1) is 22.4 Å². The second kappa shape index (κ2) is 13.5. The van der Waals surface area contributed by atoms with Crippen LogP contribution in [0, 0.1) is 0 Å². The molecule has 1 aliphatic heterocycles. The molecule has 0 saturated heterocycles. The topological polar surface area (TPSA) is 42.5 Å². The molecule has 59 heavy (non-hydrogen) atoms. The predicted octanol–water partition coefficient (Wildman–Crippen LogP) is 14.3. The molecular weight excluding hydrogens is 719 g/mol.